The van der Waals surface area contributed by atoms with Crippen LogP contribution in [0.25, 0.3) is 0 Å². The largest absolute Gasteiger partial charge is 0.454 e. The van der Waals surface area contributed by atoms with Crippen LogP contribution in [0.3, 0.4) is 0 Å². The topological polar surface area (TPSA) is 39.1 Å². The third-order valence-electron chi connectivity index (χ3n) is 3.06. The minimum Gasteiger partial charge on any atom is -0.454 e. The fraction of sp³-hybridized carbons (Fsp3) is 0.438. The van der Waals surface area contributed by atoms with Crippen LogP contribution in [0.1, 0.15) is 39.3 Å². The van der Waals surface area contributed by atoms with Crippen LogP contribution >= 0.6 is 11.6 Å². The summed E-state index contributed by atoms with van der Waals surface area (Å²) < 4.78 is 7.82. The van der Waals surface area contributed by atoms with Gasteiger partial charge in [0.25, 0.3) is 0 Å². The van der Waals surface area contributed by atoms with Gasteiger partial charge in [-0.05, 0) is 32.0 Å². The van der Waals surface area contributed by atoms with E-state index in [2.05, 4.69) is 38.1 Å². The molecule has 0 spiro atoms. The number of hydrogen-bond acceptors (Lipinski definition) is 3. The maximum atomic E-state index is 6.08. The minimum absolute atomic E-state index is 0.314. The van der Waals surface area contributed by atoms with Crippen LogP contribution in [0.4, 0.5) is 0 Å². The molecule has 1 heterocycles. The van der Waals surface area contributed by atoms with Crippen LogP contribution < -0.4 is 10.1 Å². The first-order chi connectivity index (χ1) is 9.95. The van der Waals surface area contributed by atoms with Crippen molar-refractivity contribution in [2.45, 2.75) is 46.3 Å². The molecule has 0 fully saturated rings. The van der Waals surface area contributed by atoms with Crippen molar-refractivity contribution in [3.8, 4) is 11.5 Å². The van der Waals surface area contributed by atoms with Gasteiger partial charge >= 0.3 is 0 Å². The molecule has 0 amide bonds. The van der Waals surface area contributed by atoms with Crippen molar-refractivity contribution >= 4 is 11.6 Å². The summed E-state index contributed by atoms with van der Waals surface area (Å²) in [5.74, 6) is 1.53. The number of ether oxygens (including phenoxy) is 1. The molecule has 1 N–H and O–H groups in total. The molecule has 2 aromatic rings. The summed E-state index contributed by atoms with van der Waals surface area (Å²) in [6, 6.07) is 6.38. The first-order valence-electron chi connectivity index (χ1n) is 7.19. The SMILES string of the molecule is CC(C)NCc1cc(Cl)ccc1Oc1cnn(C(C)C)c1. The van der Waals surface area contributed by atoms with Crippen LogP contribution in [0, 0.1) is 0 Å². The van der Waals surface area contributed by atoms with Gasteiger partial charge in [0.1, 0.15) is 5.75 Å². The van der Waals surface area contributed by atoms with Crippen molar-refractivity contribution in [3.63, 3.8) is 0 Å². The molecule has 0 unspecified atom stereocenters. The molecule has 5 heteroatoms. The van der Waals surface area contributed by atoms with E-state index < -0.39 is 0 Å². The molecule has 0 aliphatic carbocycles. The van der Waals surface area contributed by atoms with Gasteiger partial charge in [0.05, 0.1) is 12.4 Å². The quantitative estimate of drug-likeness (QED) is 0.859. The van der Waals surface area contributed by atoms with E-state index >= 15 is 0 Å². The van der Waals surface area contributed by atoms with Crippen molar-refractivity contribution in [3.05, 3.63) is 41.2 Å². The number of rotatable bonds is 6. The Labute approximate surface area is 131 Å². The fourth-order valence-electron chi connectivity index (χ4n) is 1.88. The van der Waals surface area contributed by atoms with Crippen molar-refractivity contribution < 1.29 is 4.74 Å². The van der Waals surface area contributed by atoms with Gasteiger partial charge < -0.3 is 10.1 Å². The third kappa shape index (κ3) is 4.48. The van der Waals surface area contributed by atoms with Gasteiger partial charge in [0.2, 0.25) is 0 Å². The highest BCUT2D eigenvalue weighted by atomic mass is 35.5. The summed E-state index contributed by atoms with van der Waals surface area (Å²) in [7, 11) is 0. The lowest BCUT2D eigenvalue weighted by Gasteiger charge is -2.13. The Morgan fingerprint density at radius 1 is 1.29 bits per heavy atom. The van der Waals surface area contributed by atoms with Gasteiger partial charge in [-0.3, -0.25) is 4.68 Å². The Balaban J connectivity index is 2.17. The Morgan fingerprint density at radius 3 is 2.67 bits per heavy atom. The molecule has 1 aromatic heterocycles. The van der Waals surface area contributed by atoms with Crippen molar-refractivity contribution in [2.24, 2.45) is 0 Å². The number of halogens is 1. The van der Waals surface area contributed by atoms with Crippen molar-refractivity contribution in [1.29, 1.82) is 0 Å². The van der Waals surface area contributed by atoms with Gasteiger partial charge in [-0.1, -0.05) is 25.4 Å². The smallest absolute Gasteiger partial charge is 0.165 e. The molecule has 0 bridgehead atoms. The Bertz CT molecular complexity index is 593. The first kappa shape index (κ1) is 15.9. The molecule has 114 valence electrons. The molecule has 0 saturated carbocycles. The Morgan fingerprint density at radius 2 is 2.05 bits per heavy atom. The van der Waals surface area contributed by atoms with E-state index in [1.54, 1.807) is 6.20 Å². The second-order valence-electron chi connectivity index (χ2n) is 5.64. The lowest BCUT2D eigenvalue weighted by Crippen LogP contribution is -2.22. The van der Waals surface area contributed by atoms with Crippen LogP contribution in [-0.4, -0.2) is 15.8 Å². The highest BCUT2D eigenvalue weighted by Gasteiger charge is 2.09. The number of benzene rings is 1. The Kier molecular flexibility index (Phi) is 5.26. The molecule has 0 aliphatic rings. The second kappa shape index (κ2) is 6.96. The first-order valence-corrected chi connectivity index (χ1v) is 7.57. The number of nitrogens with one attached hydrogen (secondary N) is 1. The van der Waals surface area contributed by atoms with Crippen LogP contribution in [0.5, 0.6) is 11.5 Å². The normalized spacial score (nSPS) is 11.4. The maximum absolute atomic E-state index is 6.08. The molecule has 0 atom stereocenters. The third-order valence-corrected chi connectivity index (χ3v) is 3.29. The van der Waals surface area contributed by atoms with Crippen LogP contribution in [0.2, 0.25) is 5.02 Å². The summed E-state index contributed by atoms with van der Waals surface area (Å²) in [6.45, 7) is 9.09. The van der Waals surface area contributed by atoms with Gasteiger partial charge in [0.15, 0.2) is 5.75 Å². The zero-order chi connectivity index (χ0) is 15.4. The predicted molar refractivity (Wildman–Crippen MR) is 86.1 cm³/mol. The number of aromatic nitrogens is 2. The van der Waals surface area contributed by atoms with Gasteiger partial charge in [0, 0.05) is 29.2 Å². The number of hydrogen-bond donors (Lipinski definition) is 1. The summed E-state index contributed by atoms with van der Waals surface area (Å²) in [6.07, 6.45) is 3.63. The van der Waals surface area contributed by atoms with E-state index in [1.165, 1.54) is 0 Å². The summed E-state index contributed by atoms with van der Waals surface area (Å²) >= 11 is 6.08. The van der Waals surface area contributed by atoms with E-state index in [-0.39, 0.29) is 0 Å². The molecular weight excluding hydrogens is 286 g/mol. The lowest BCUT2D eigenvalue weighted by molar-refractivity contribution is 0.465. The highest BCUT2D eigenvalue weighted by Crippen LogP contribution is 2.28. The molecule has 0 saturated heterocycles. The lowest BCUT2D eigenvalue weighted by atomic mass is 10.2. The molecule has 0 aliphatic heterocycles. The standard InChI is InChI=1S/C16H22ClN3O/c1-11(2)18-8-13-7-14(17)5-6-16(13)21-15-9-19-20(10-15)12(3)4/h5-7,9-12,18H,8H2,1-4H3. The average Bonchev–Trinajstić information content (AvgIpc) is 2.87. The monoisotopic (exact) mass is 307 g/mol. The summed E-state index contributed by atoms with van der Waals surface area (Å²) in [5, 5.41) is 8.37. The summed E-state index contributed by atoms with van der Waals surface area (Å²) in [5.41, 5.74) is 1.04. The average molecular weight is 308 g/mol. The van der Waals surface area contributed by atoms with Gasteiger partial charge in [-0.2, -0.15) is 5.10 Å². The van der Waals surface area contributed by atoms with Crippen LogP contribution in [0.15, 0.2) is 30.6 Å². The highest BCUT2D eigenvalue weighted by molar-refractivity contribution is 6.30. The number of nitrogens with zero attached hydrogens (tertiary/aromatic N) is 2. The van der Waals surface area contributed by atoms with E-state index in [1.807, 2.05) is 29.1 Å². The van der Waals surface area contributed by atoms with E-state index in [9.17, 15) is 0 Å². The van der Waals surface area contributed by atoms with Gasteiger partial charge in [-0.25, -0.2) is 0 Å². The molecule has 21 heavy (non-hydrogen) atoms. The zero-order valence-corrected chi connectivity index (χ0v) is 13.7. The maximum Gasteiger partial charge on any atom is 0.165 e. The van der Waals surface area contributed by atoms with Crippen molar-refractivity contribution in [2.75, 3.05) is 0 Å². The fourth-order valence-corrected chi connectivity index (χ4v) is 2.08. The second-order valence-corrected chi connectivity index (χ2v) is 6.08. The predicted octanol–water partition coefficient (Wildman–Crippen LogP) is 4.41. The molecule has 1 aromatic carbocycles. The zero-order valence-electron chi connectivity index (χ0n) is 12.9. The minimum atomic E-state index is 0.314. The Hall–Kier alpha value is -1.52. The molecule has 2 rings (SSSR count). The molecular formula is C16H22ClN3O. The molecule has 4 nitrogen and oxygen atoms in total. The van der Waals surface area contributed by atoms with Crippen molar-refractivity contribution in [1.82, 2.24) is 15.1 Å². The van der Waals surface area contributed by atoms with E-state index in [4.69, 9.17) is 16.3 Å². The van der Waals surface area contributed by atoms with Gasteiger partial charge in [-0.15, -0.1) is 0 Å². The summed E-state index contributed by atoms with van der Waals surface area (Å²) in [4.78, 5) is 0. The molecule has 0 radical (unpaired) electrons. The van der Waals surface area contributed by atoms with Crippen LogP contribution in [-0.2, 0) is 6.54 Å². The van der Waals surface area contributed by atoms with E-state index in [0.717, 1.165) is 17.1 Å². The van der Waals surface area contributed by atoms with E-state index in [0.29, 0.717) is 23.7 Å².